The first-order valence-electron chi connectivity index (χ1n) is 3.01. The van der Waals surface area contributed by atoms with Crippen molar-refractivity contribution in [1.82, 2.24) is 14.6 Å². The molecular formula is C5H4N4S3. The van der Waals surface area contributed by atoms with Gasteiger partial charge in [-0.1, -0.05) is 27.6 Å². The lowest BCUT2D eigenvalue weighted by Crippen LogP contribution is -1.77. The van der Waals surface area contributed by atoms with Crippen LogP contribution in [0.15, 0.2) is 20.8 Å². The molecule has 0 atom stereocenters. The van der Waals surface area contributed by atoms with Gasteiger partial charge in [0.05, 0.1) is 16.6 Å². The molecule has 0 radical (unpaired) electrons. The molecule has 0 aromatic carbocycles. The summed E-state index contributed by atoms with van der Waals surface area (Å²) in [5.41, 5.74) is 5.47. The van der Waals surface area contributed by atoms with E-state index in [-0.39, 0.29) is 0 Å². The molecular weight excluding hydrogens is 212 g/mol. The lowest BCUT2D eigenvalue weighted by molar-refractivity contribution is 1.15. The highest BCUT2D eigenvalue weighted by molar-refractivity contribution is 8.02. The number of aromatic nitrogens is 3. The molecule has 7 heteroatoms. The predicted octanol–water partition coefficient (Wildman–Crippen LogP) is 1.73. The Balaban J connectivity index is 2.14. The van der Waals surface area contributed by atoms with Crippen LogP contribution < -0.4 is 5.73 Å². The van der Waals surface area contributed by atoms with E-state index >= 15 is 0 Å². The molecule has 0 saturated carbocycles. The van der Waals surface area contributed by atoms with Gasteiger partial charge in [0.1, 0.15) is 4.21 Å². The van der Waals surface area contributed by atoms with Crippen LogP contribution in [0.5, 0.6) is 0 Å². The first-order valence-corrected chi connectivity index (χ1v) is 5.42. The summed E-state index contributed by atoms with van der Waals surface area (Å²) < 4.78 is 5.87. The highest BCUT2D eigenvalue weighted by Gasteiger charge is 2.02. The molecule has 0 fully saturated rings. The molecule has 0 amide bonds. The van der Waals surface area contributed by atoms with E-state index in [1.807, 2.05) is 0 Å². The van der Waals surface area contributed by atoms with E-state index in [9.17, 15) is 0 Å². The molecule has 0 aliphatic heterocycles. The van der Waals surface area contributed by atoms with Crippen LogP contribution in [0.1, 0.15) is 0 Å². The highest BCUT2D eigenvalue weighted by Crippen LogP contribution is 2.33. The van der Waals surface area contributed by atoms with Gasteiger partial charge in [-0.25, -0.2) is 4.98 Å². The molecule has 0 saturated heterocycles. The number of rotatable bonds is 2. The minimum atomic E-state index is 0.593. The number of nitrogen functional groups attached to an aromatic ring is 1. The number of thiazole rings is 1. The Morgan fingerprint density at radius 1 is 1.33 bits per heavy atom. The zero-order chi connectivity index (χ0) is 8.39. The van der Waals surface area contributed by atoms with Gasteiger partial charge in [0.15, 0.2) is 5.13 Å². The Hall–Kier alpha value is -0.660. The van der Waals surface area contributed by atoms with Crippen LogP contribution in [0, 0.1) is 0 Å². The van der Waals surface area contributed by atoms with E-state index in [2.05, 4.69) is 14.6 Å². The first kappa shape index (κ1) is 7.96. The molecule has 2 rings (SSSR count). The van der Waals surface area contributed by atoms with Gasteiger partial charge >= 0.3 is 0 Å². The van der Waals surface area contributed by atoms with E-state index in [0.717, 1.165) is 8.42 Å². The van der Waals surface area contributed by atoms with E-state index in [1.165, 1.54) is 22.9 Å². The summed E-state index contributed by atoms with van der Waals surface area (Å²) in [6.45, 7) is 0. The Bertz CT molecular complexity index is 354. The van der Waals surface area contributed by atoms with Crippen LogP contribution in [-0.4, -0.2) is 14.6 Å². The third kappa shape index (κ3) is 1.74. The Morgan fingerprint density at radius 3 is 2.83 bits per heavy atom. The summed E-state index contributed by atoms with van der Waals surface area (Å²) in [4.78, 5) is 3.94. The molecule has 0 aliphatic rings. The second-order valence-corrected chi connectivity index (χ2v) is 5.30. The van der Waals surface area contributed by atoms with Crippen molar-refractivity contribution in [1.29, 1.82) is 0 Å². The van der Waals surface area contributed by atoms with Crippen molar-refractivity contribution in [3.8, 4) is 0 Å². The van der Waals surface area contributed by atoms with Crippen LogP contribution in [0.25, 0.3) is 0 Å². The summed E-state index contributed by atoms with van der Waals surface area (Å²) in [6, 6.07) is 0. The Kier molecular flexibility index (Phi) is 2.24. The van der Waals surface area contributed by atoms with Gasteiger partial charge in [0, 0.05) is 0 Å². The zero-order valence-electron chi connectivity index (χ0n) is 5.80. The van der Waals surface area contributed by atoms with Gasteiger partial charge in [-0.05, 0) is 11.5 Å². The average Bonchev–Trinajstić information content (AvgIpc) is 2.63. The quantitative estimate of drug-likeness (QED) is 0.828. The fraction of sp³-hybridized carbons (Fsp3) is 0. The SMILES string of the molecule is Nc1ncc(Sc2cnns2)s1. The standard InChI is InChI=1S/C5H4N4S3/c6-5-7-1-3(11-5)10-4-2-8-9-12-4/h1-2H,(H2,6,7). The maximum atomic E-state index is 5.47. The first-order chi connectivity index (χ1) is 5.84. The third-order valence-corrected chi connectivity index (χ3v) is 3.71. The van der Waals surface area contributed by atoms with Crippen molar-refractivity contribution in [2.45, 2.75) is 8.42 Å². The molecule has 0 unspecified atom stereocenters. The molecule has 0 bridgehead atoms. The summed E-state index contributed by atoms with van der Waals surface area (Å²) in [7, 11) is 0. The Morgan fingerprint density at radius 2 is 2.25 bits per heavy atom. The fourth-order valence-corrected chi connectivity index (χ4v) is 3.08. The van der Waals surface area contributed by atoms with Crippen LogP contribution in [0.3, 0.4) is 0 Å². The number of nitrogens with two attached hydrogens (primary N) is 1. The summed E-state index contributed by atoms with van der Waals surface area (Å²) in [5, 5.41) is 4.32. The largest absolute Gasteiger partial charge is 0.375 e. The second kappa shape index (κ2) is 3.38. The van der Waals surface area contributed by atoms with Gasteiger partial charge in [0.25, 0.3) is 0 Å². The molecule has 0 aliphatic carbocycles. The van der Waals surface area contributed by atoms with E-state index < -0.39 is 0 Å². The van der Waals surface area contributed by atoms with Gasteiger partial charge in [-0.2, -0.15) is 0 Å². The normalized spacial score (nSPS) is 10.3. The number of nitrogens with zero attached hydrogens (tertiary/aromatic N) is 3. The van der Waals surface area contributed by atoms with Crippen LogP contribution in [-0.2, 0) is 0 Å². The molecule has 0 spiro atoms. The lowest BCUT2D eigenvalue weighted by atomic mass is 11.0. The number of hydrogen-bond donors (Lipinski definition) is 1. The smallest absolute Gasteiger partial charge is 0.181 e. The molecule has 12 heavy (non-hydrogen) atoms. The topological polar surface area (TPSA) is 64.7 Å². The highest BCUT2D eigenvalue weighted by atomic mass is 32.2. The van der Waals surface area contributed by atoms with Gasteiger partial charge in [-0.3, -0.25) is 0 Å². The average molecular weight is 216 g/mol. The second-order valence-electron chi connectivity index (χ2n) is 1.86. The number of anilines is 1. The molecule has 4 nitrogen and oxygen atoms in total. The Labute approximate surface area is 81.0 Å². The van der Waals surface area contributed by atoms with E-state index in [1.54, 1.807) is 24.2 Å². The molecule has 2 heterocycles. The maximum absolute atomic E-state index is 5.47. The summed E-state index contributed by atoms with van der Waals surface area (Å²) in [6.07, 6.45) is 3.48. The zero-order valence-corrected chi connectivity index (χ0v) is 8.25. The van der Waals surface area contributed by atoms with Crippen LogP contribution in [0.2, 0.25) is 0 Å². The fourth-order valence-electron chi connectivity index (χ4n) is 0.621. The van der Waals surface area contributed by atoms with Gasteiger partial charge in [0.2, 0.25) is 0 Å². The maximum Gasteiger partial charge on any atom is 0.181 e. The summed E-state index contributed by atoms with van der Waals surface area (Å²) >= 11 is 4.42. The molecule has 2 aromatic rings. The van der Waals surface area contributed by atoms with E-state index in [4.69, 9.17) is 5.73 Å². The minimum absolute atomic E-state index is 0.593. The minimum Gasteiger partial charge on any atom is -0.375 e. The summed E-state index contributed by atoms with van der Waals surface area (Å²) in [5.74, 6) is 0. The molecule has 2 N–H and O–H groups in total. The predicted molar refractivity (Wildman–Crippen MR) is 50.6 cm³/mol. The molecule has 2 aromatic heterocycles. The van der Waals surface area contributed by atoms with Crippen molar-refractivity contribution < 1.29 is 0 Å². The van der Waals surface area contributed by atoms with E-state index in [0.29, 0.717) is 5.13 Å². The lowest BCUT2D eigenvalue weighted by Gasteiger charge is -1.86. The van der Waals surface area contributed by atoms with Gasteiger partial charge in [-0.15, -0.1) is 5.10 Å². The monoisotopic (exact) mass is 216 g/mol. The third-order valence-electron chi connectivity index (χ3n) is 1.04. The molecule has 62 valence electrons. The van der Waals surface area contributed by atoms with Crippen molar-refractivity contribution >= 4 is 39.8 Å². The van der Waals surface area contributed by atoms with Crippen LogP contribution in [0.4, 0.5) is 5.13 Å². The van der Waals surface area contributed by atoms with Crippen molar-refractivity contribution in [3.63, 3.8) is 0 Å². The van der Waals surface area contributed by atoms with Crippen molar-refractivity contribution in [3.05, 3.63) is 12.4 Å². The van der Waals surface area contributed by atoms with Crippen LogP contribution >= 0.6 is 34.6 Å². The van der Waals surface area contributed by atoms with Gasteiger partial charge < -0.3 is 5.73 Å². The number of hydrogen-bond acceptors (Lipinski definition) is 7. The van der Waals surface area contributed by atoms with Crippen molar-refractivity contribution in [2.24, 2.45) is 0 Å². The van der Waals surface area contributed by atoms with Crippen molar-refractivity contribution in [2.75, 3.05) is 5.73 Å².